The van der Waals surface area contributed by atoms with Crippen molar-refractivity contribution in [1.82, 2.24) is 5.43 Å². The zero-order chi connectivity index (χ0) is 18.2. The van der Waals surface area contributed by atoms with Gasteiger partial charge in [-0.3, -0.25) is 9.59 Å². The number of ether oxygens (including phenoxy) is 1. The van der Waals surface area contributed by atoms with Gasteiger partial charge in [0.05, 0.1) is 18.9 Å². The van der Waals surface area contributed by atoms with Crippen LogP contribution in [0.25, 0.3) is 0 Å². The summed E-state index contributed by atoms with van der Waals surface area (Å²) in [6.07, 6.45) is 1.37. The molecule has 8 nitrogen and oxygen atoms in total. The summed E-state index contributed by atoms with van der Waals surface area (Å²) in [5, 5.41) is 14.9. The lowest BCUT2D eigenvalue weighted by Crippen LogP contribution is -2.32. The topological polar surface area (TPSA) is 117 Å². The monoisotopic (exact) mass is 341 g/mol. The third kappa shape index (κ3) is 5.17. The summed E-state index contributed by atoms with van der Waals surface area (Å²) >= 11 is 0. The molecule has 0 bridgehead atoms. The second kappa shape index (κ2) is 8.25. The fraction of sp³-hybridized carbons (Fsp3) is 0.0588. The molecule has 0 atom stereocenters. The Bertz CT molecular complexity index is 815. The third-order valence-electron chi connectivity index (χ3n) is 3.07. The van der Waals surface area contributed by atoms with Crippen LogP contribution in [0.5, 0.6) is 5.75 Å². The highest BCUT2D eigenvalue weighted by Crippen LogP contribution is 2.11. The standard InChI is InChI=1S/C17H15N3O5/c1-25-14-7-5-11(6-8-14)10-18-20-16(22)15(21)19-13-4-2-3-12(9-13)17(23)24/h2-10H,1H3,(H,19,21)(H,20,22)(H,23,24)/b18-10-. The van der Waals surface area contributed by atoms with Crippen LogP contribution in [0, 0.1) is 0 Å². The number of aromatic carboxylic acids is 1. The molecule has 0 radical (unpaired) electrons. The second-order valence-electron chi connectivity index (χ2n) is 4.81. The Morgan fingerprint density at radius 1 is 1.08 bits per heavy atom. The van der Waals surface area contributed by atoms with Gasteiger partial charge < -0.3 is 15.2 Å². The van der Waals surface area contributed by atoms with E-state index in [9.17, 15) is 14.4 Å². The minimum Gasteiger partial charge on any atom is -0.497 e. The van der Waals surface area contributed by atoms with E-state index in [4.69, 9.17) is 9.84 Å². The number of rotatable bonds is 5. The van der Waals surface area contributed by atoms with Gasteiger partial charge in [-0.25, -0.2) is 10.2 Å². The van der Waals surface area contributed by atoms with Crippen LogP contribution >= 0.6 is 0 Å². The predicted molar refractivity (Wildman–Crippen MR) is 90.8 cm³/mol. The molecular formula is C17H15N3O5. The fourth-order valence-electron chi connectivity index (χ4n) is 1.82. The van der Waals surface area contributed by atoms with E-state index in [0.29, 0.717) is 11.3 Å². The molecule has 8 heteroatoms. The molecule has 0 unspecified atom stereocenters. The molecule has 0 aliphatic carbocycles. The first-order chi connectivity index (χ1) is 12.0. The van der Waals surface area contributed by atoms with Crippen molar-refractivity contribution in [2.45, 2.75) is 0 Å². The van der Waals surface area contributed by atoms with Crippen molar-refractivity contribution in [1.29, 1.82) is 0 Å². The number of carbonyl (C=O) groups is 3. The zero-order valence-electron chi connectivity index (χ0n) is 13.2. The Morgan fingerprint density at radius 3 is 2.44 bits per heavy atom. The predicted octanol–water partition coefficient (Wildman–Crippen LogP) is 1.48. The van der Waals surface area contributed by atoms with Crippen molar-refractivity contribution >= 4 is 29.7 Å². The number of amides is 2. The maximum atomic E-state index is 11.8. The highest BCUT2D eigenvalue weighted by atomic mass is 16.5. The Balaban J connectivity index is 1.91. The van der Waals surface area contributed by atoms with Crippen LogP contribution < -0.4 is 15.5 Å². The van der Waals surface area contributed by atoms with Crippen molar-refractivity contribution in [3.63, 3.8) is 0 Å². The van der Waals surface area contributed by atoms with Crippen LogP contribution in [0.1, 0.15) is 15.9 Å². The average molecular weight is 341 g/mol. The molecule has 0 saturated carbocycles. The number of carbonyl (C=O) groups excluding carboxylic acids is 2. The molecule has 0 aliphatic rings. The largest absolute Gasteiger partial charge is 0.497 e. The molecular weight excluding hydrogens is 326 g/mol. The maximum Gasteiger partial charge on any atom is 0.335 e. The number of hydrazone groups is 1. The molecule has 2 rings (SSSR count). The summed E-state index contributed by atoms with van der Waals surface area (Å²) in [5.74, 6) is -2.39. The number of carboxylic acids is 1. The number of nitrogens with one attached hydrogen (secondary N) is 2. The van der Waals surface area contributed by atoms with Gasteiger partial charge in [0, 0.05) is 5.69 Å². The summed E-state index contributed by atoms with van der Waals surface area (Å²) in [5.41, 5.74) is 2.98. The van der Waals surface area contributed by atoms with E-state index in [1.165, 1.54) is 30.5 Å². The van der Waals surface area contributed by atoms with E-state index in [0.717, 1.165) is 0 Å². The number of hydrogen-bond donors (Lipinski definition) is 3. The lowest BCUT2D eigenvalue weighted by Gasteiger charge is -2.04. The van der Waals surface area contributed by atoms with Gasteiger partial charge in [-0.05, 0) is 48.0 Å². The number of hydrogen-bond acceptors (Lipinski definition) is 5. The first-order valence-corrected chi connectivity index (χ1v) is 7.11. The van der Waals surface area contributed by atoms with Gasteiger partial charge in [0.15, 0.2) is 0 Å². The number of nitrogens with zero attached hydrogens (tertiary/aromatic N) is 1. The Kier molecular flexibility index (Phi) is 5.83. The van der Waals surface area contributed by atoms with Crippen LogP contribution in [-0.2, 0) is 9.59 Å². The Labute approximate surface area is 143 Å². The van der Waals surface area contributed by atoms with Gasteiger partial charge in [0.2, 0.25) is 0 Å². The molecule has 2 aromatic rings. The van der Waals surface area contributed by atoms with Crippen LogP contribution in [0.2, 0.25) is 0 Å². The van der Waals surface area contributed by atoms with E-state index in [2.05, 4.69) is 15.8 Å². The minimum absolute atomic E-state index is 0.00395. The molecule has 2 aromatic carbocycles. The first-order valence-electron chi connectivity index (χ1n) is 7.11. The zero-order valence-corrected chi connectivity index (χ0v) is 13.2. The molecule has 0 aliphatic heterocycles. The maximum absolute atomic E-state index is 11.8. The minimum atomic E-state index is -1.13. The lowest BCUT2D eigenvalue weighted by atomic mass is 10.2. The van der Waals surface area contributed by atoms with Crippen molar-refractivity contribution < 1.29 is 24.2 Å². The van der Waals surface area contributed by atoms with Crippen molar-refractivity contribution in [3.8, 4) is 5.75 Å². The fourth-order valence-corrected chi connectivity index (χ4v) is 1.82. The highest BCUT2D eigenvalue weighted by Gasteiger charge is 2.13. The van der Waals surface area contributed by atoms with Crippen molar-refractivity contribution in [3.05, 3.63) is 59.7 Å². The van der Waals surface area contributed by atoms with Crippen LogP contribution in [0.4, 0.5) is 5.69 Å². The second-order valence-corrected chi connectivity index (χ2v) is 4.81. The number of methoxy groups -OCH3 is 1. The molecule has 0 spiro atoms. The number of benzene rings is 2. The van der Waals surface area contributed by atoms with E-state index < -0.39 is 17.8 Å². The van der Waals surface area contributed by atoms with Crippen molar-refractivity contribution in [2.75, 3.05) is 12.4 Å². The quantitative estimate of drug-likeness (QED) is 0.433. The summed E-state index contributed by atoms with van der Waals surface area (Å²) in [6.45, 7) is 0. The smallest absolute Gasteiger partial charge is 0.335 e. The van der Waals surface area contributed by atoms with Gasteiger partial charge in [0.25, 0.3) is 0 Å². The van der Waals surface area contributed by atoms with Gasteiger partial charge in [-0.1, -0.05) is 6.07 Å². The van der Waals surface area contributed by atoms with E-state index in [-0.39, 0.29) is 11.3 Å². The Hall–Kier alpha value is -3.68. The summed E-state index contributed by atoms with van der Waals surface area (Å²) in [7, 11) is 1.55. The molecule has 0 saturated heterocycles. The molecule has 128 valence electrons. The van der Waals surface area contributed by atoms with Gasteiger partial charge in [0.1, 0.15) is 5.75 Å². The van der Waals surface area contributed by atoms with Gasteiger partial charge >= 0.3 is 17.8 Å². The molecule has 25 heavy (non-hydrogen) atoms. The molecule has 0 heterocycles. The van der Waals surface area contributed by atoms with Crippen LogP contribution in [0.15, 0.2) is 53.6 Å². The third-order valence-corrected chi connectivity index (χ3v) is 3.07. The number of carboxylic acid groups (broad SMARTS) is 1. The summed E-state index contributed by atoms with van der Waals surface area (Å²) < 4.78 is 5.02. The number of anilines is 1. The van der Waals surface area contributed by atoms with E-state index in [1.54, 1.807) is 31.4 Å². The molecule has 0 aromatic heterocycles. The van der Waals surface area contributed by atoms with Crippen LogP contribution in [0.3, 0.4) is 0 Å². The molecule has 2 amide bonds. The van der Waals surface area contributed by atoms with E-state index >= 15 is 0 Å². The van der Waals surface area contributed by atoms with E-state index in [1.807, 2.05) is 0 Å². The van der Waals surface area contributed by atoms with Crippen LogP contribution in [-0.4, -0.2) is 36.2 Å². The average Bonchev–Trinajstić information content (AvgIpc) is 2.62. The van der Waals surface area contributed by atoms with Crippen molar-refractivity contribution in [2.24, 2.45) is 5.10 Å². The van der Waals surface area contributed by atoms with Gasteiger partial charge in [-0.2, -0.15) is 5.10 Å². The molecule has 0 fully saturated rings. The summed E-state index contributed by atoms with van der Waals surface area (Å²) in [4.78, 5) is 34.3. The molecule has 3 N–H and O–H groups in total. The normalized spacial score (nSPS) is 10.3. The SMILES string of the molecule is COc1ccc(/C=N\NC(=O)C(=O)Nc2cccc(C(=O)O)c2)cc1. The Morgan fingerprint density at radius 2 is 1.80 bits per heavy atom. The van der Waals surface area contributed by atoms with Gasteiger partial charge in [-0.15, -0.1) is 0 Å². The first kappa shape index (κ1) is 17.7. The summed E-state index contributed by atoms with van der Waals surface area (Å²) in [6, 6.07) is 12.5. The highest BCUT2D eigenvalue weighted by molar-refractivity contribution is 6.39. The lowest BCUT2D eigenvalue weighted by molar-refractivity contribution is -0.136.